The van der Waals surface area contributed by atoms with Crippen molar-refractivity contribution in [3.05, 3.63) is 24.3 Å². The first-order chi connectivity index (χ1) is 22.1. The van der Waals surface area contributed by atoms with Gasteiger partial charge < -0.3 is 52.7 Å². The topological polar surface area (TPSA) is 138 Å². The highest BCUT2D eigenvalue weighted by Gasteiger charge is 2.02. The third kappa shape index (κ3) is 28.8. The third-order valence-corrected chi connectivity index (χ3v) is 5.75. The molecule has 0 spiro atoms. The Balaban J connectivity index is 1.68. The van der Waals surface area contributed by atoms with Crippen molar-refractivity contribution in [2.24, 2.45) is 0 Å². The zero-order chi connectivity index (χ0) is 32.5. The molecule has 0 aliphatic carbocycles. The Kier molecular flexibility index (Phi) is 28.6. The lowest BCUT2D eigenvalue weighted by Crippen LogP contribution is -2.15. The normalized spacial score (nSPS) is 11.1. The molecule has 1 N–H and O–H groups in total. The van der Waals surface area contributed by atoms with E-state index in [4.69, 9.17) is 47.4 Å². The van der Waals surface area contributed by atoms with Crippen LogP contribution in [0.15, 0.2) is 24.3 Å². The monoisotopic (exact) mass is 645 g/mol. The fraction of sp³-hybridized carbons (Fsp3) is 0.750. The van der Waals surface area contributed by atoms with Gasteiger partial charge in [0.25, 0.3) is 0 Å². The standard InChI is InChI=1S/C32H55NO12/c1-3-4-5-6-32(35)45-28-26-43-24-22-41-20-18-39-16-14-37-12-11-36-13-15-38-17-19-40-21-23-42-25-27-44-31-9-7-30(8-10-31)33-29(2)34/h7-10H,3-6,11-28H2,1-2H3,(H,33,34). The van der Waals surface area contributed by atoms with Gasteiger partial charge in [0.2, 0.25) is 5.91 Å². The van der Waals surface area contributed by atoms with E-state index in [1.807, 2.05) is 0 Å². The molecule has 260 valence electrons. The summed E-state index contributed by atoms with van der Waals surface area (Å²) in [7, 11) is 0. The molecule has 0 atom stereocenters. The number of esters is 1. The highest BCUT2D eigenvalue weighted by Crippen LogP contribution is 2.15. The molecule has 0 fully saturated rings. The molecule has 0 radical (unpaired) electrons. The van der Waals surface area contributed by atoms with E-state index >= 15 is 0 Å². The third-order valence-electron chi connectivity index (χ3n) is 5.75. The zero-order valence-electron chi connectivity index (χ0n) is 27.3. The Morgan fingerprint density at radius 1 is 0.533 bits per heavy atom. The summed E-state index contributed by atoms with van der Waals surface area (Å²) in [5, 5.41) is 2.71. The van der Waals surface area contributed by atoms with Crippen molar-refractivity contribution in [1.29, 1.82) is 0 Å². The van der Waals surface area contributed by atoms with E-state index in [-0.39, 0.29) is 18.5 Å². The molecular weight excluding hydrogens is 590 g/mol. The van der Waals surface area contributed by atoms with E-state index in [2.05, 4.69) is 12.2 Å². The summed E-state index contributed by atoms with van der Waals surface area (Å²) in [6.45, 7) is 11.8. The van der Waals surface area contributed by atoms with E-state index in [1.165, 1.54) is 6.92 Å². The van der Waals surface area contributed by atoms with Gasteiger partial charge in [0.05, 0.1) is 106 Å². The predicted molar refractivity (Wildman–Crippen MR) is 168 cm³/mol. The number of benzene rings is 1. The molecule has 1 aromatic carbocycles. The zero-order valence-corrected chi connectivity index (χ0v) is 27.3. The molecule has 1 rings (SSSR count). The molecule has 0 unspecified atom stereocenters. The fourth-order valence-corrected chi connectivity index (χ4v) is 3.50. The van der Waals surface area contributed by atoms with Crippen LogP contribution in [0.4, 0.5) is 5.69 Å². The number of carbonyl (C=O) groups excluding carboxylic acids is 2. The van der Waals surface area contributed by atoms with Crippen molar-refractivity contribution in [2.45, 2.75) is 39.5 Å². The van der Waals surface area contributed by atoms with Gasteiger partial charge in [-0.15, -0.1) is 0 Å². The predicted octanol–water partition coefficient (Wildman–Crippen LogP) is 3.28. The van der Waals surface area contributed by atoms with Gasteiger partial charge in [-0.05, 0) is 30.7 Å². The maximum absolute atomic E-state index is 11.5. The number of rotatable bonds is 33. The number of carbonyl (C=O) groups is 2. The first-order valence-electron chi connectivity index (χ1n) is 15.9. The summed E-state index contributed by atoms with van der Waals surface area (Å²) in [5.74, 6) is 0.443. The van der Waals surface area contributed by atoms with Crippen LogP contribution >= 0.6 is 0 Å². The van der Waals surface area contributed by atoms with Crippen LogP contribution in [0, 0.1) is 0 Å². The minimum Gasteiger partial charge on any atom is -0.491 e. The minimum absolute atomic E-state index is 0.109. The summed E-state index contributed by atoms with van der Waals surface area (Å²) in [6, 6.07) is 7.17. The van der Waals surface area contributed by atoms with Crippen molar-refractivity contribution < 1.29 is 57.0 Å². The van der Waals surface area contributed by atoms with Crippen molar-refractivity contribution in [2.75, 3.05) is 124 Å². The number of hydrogen-bond donors (Lipinski definition) is 1. The van der Waals surface area contributed by atoms with Crippen LogP contribution < -0.4 is 10.1 Å². The van der Waals surface area contributed by atoms with Crippen molar-refractivity contribution >= 4 is 17.6 Å². The molecule has 13 nitrogen and oxygen atoms in total. The maximum Gasteiger partial charge on any atom is 0.305 e. The highest BCUT2D eigenvalue weighted by atomic mass is 16.6. The number of amides is 1. The van der Waals surface area contributed by atoms with Gasteiger partial charge in [-0.25, -0.2) is 0 Å². The van der Waals surface area contributed by atoms with Crippen LogP contribution in [0.25, 0.3) is 0 Å². The molecule has 0 heterocycles. The van der Waals surface area contributed by atoms with Gasteiger partial charge in [0, 0.05) is 19.0 Å². The second kappa shape index (κ2) is 31.6. The van der Waals surface area contributed by atoms with Gasteiger partial charge in [-0.2, -0.15) is 0 Å². The summed E-state index contributed by atoms with van der Waals surface area (Å²) in [4.78, 5) is 22.5. The summed E-state index contributed by atoms with van der Waals surface area (Å²) >= 11 is 0. The van der Waals surface area contributed by atoms with Crippen molar-refractivity contribution in [3.63, 3.8) is 0 Å². The van der Waals surface area contributed by atoms with E-state index in [9.17, 15) is 9.59 Å². The largest absolute Gasteiger partial charge is 0.491 e. The van der Waals surface area contributed by atoms with Gasteiger partial charge in [-0.1, -0.05) is 19.8 Å². The minimum atomic E-state index is -0.162. The lowest BCUT2D eigenvalue weighted by atomic mass is 10.2. The molecule has 1 amide bonds. The van der Waals surface area contributed by atoms with E-state index in [1.54, 1.807) is 24.3 Å². The Hall–Kier alpha value is -2.36. The smallest absolute Gasteiger partial charge is 0.305 e. The quantitative estimate of drug-likeness (QED) is 0.0887. The SMILES string of the molecule is CCCCCC(=O)OCCOCCOCCOCCOCCOCCOCCOCCOCCOc1ccc(NC(C)=O)cc1. The molecule has 0 aliphatic heterocycles. The second-order valence-electron chi connectivity index (χ2n) is 9.63. The highest BCUT2D eigenvalue weighted by molar-refractivity contribution is 5.88. The molecule has 1 aromatic rings. The van der Waals surface area contributed by atoms with Crippen molar-refractivity contribution in [1.82, 2.24) is 0 Å². The summed E-state index contributed by atoms with van der Waals surface area (Å²) in [6.07, 6.45) is 3.48. The van der Waals surface area contributed by atoms with Crippen molar-refractivity contribution in [3.8, 4) is 5.75 Å². The number of anilines is 1. The van der Waals surface area contributed by atoms with E-state index in [0.29, 0.717) is 124 Å². The lowest BCUT2D eigenvalue weighted by molar-refractivity contribution is -0.145. The fourth-order valence-electron chi connectivity index (χ4n) is 3.50. The van der Waals surface area contributed by atoms with E-state index < -0.39 is 0 Å². The average Bonchev–Trinajstić information content (AvgIpc) is 3.03. The molecule has 0 aromatic heterocycles. The molecule has 13 heteroatoms. The molecule has 45 heavy (non-hydrogen) atoms. The maximum atomic E-state index is 11.5. The molecular formula is C32H55NO12. The molecule has 0 aliphatic rings. The molecule has 0 saturated heterocycles. The first kappa shape index (κ1) is 40.7. The van der Waals surface area contributed by atoms with Crippen LogP contribution in [0.5, 0.6) is 5.75 Å². The van der Waals surface area contributed by atoms with Gasteiger partial charge in [0.15, 0.2) is 0 Å². The summed E-state index contributed by atoms with van der Waals surface area (Å²) < 4.78 is 54.3. The van der Waals surface area contributed by atoms with Crippen LogP contribution in [-0.2, 0) is 52.2 Å². The van der Waals surface area contributed by atoms with E-state index in [0.717, 1.165) is 24.9 Å². The Bertz CT molecular complexity index is 812. The van der Waals surface area contributed by atoms with Crippen LogP contribution in [0.3, 0.4) is 0 Å². The van der Waals surface area contributed by atoms with Gasteiger partial charge in [-0.3, -0.25) is 9.59 Å². The molecule has 0 bridgehead atoms. The van der Waals surface area contributed by atoms with Gasteiger partial charge >= 0.3 is 5.97 Å². The summed E-state index contributed by atoms with van der Waals surface area (Å²) in [5.41, 5.74) is 0.730. The van der Waals surface area contributed by atoms with Crippen LogP contribution in [0.2, 0.25) is 0 Å². The number of hydrogen-bond acceptors (Lipinski definition) is 12. The first-order valence-corrected chi connectivity index (χ1v) is 15.9. The Labute approximate surface area is 268 Å². The van der Waals surface area contributed by atoms with Crippen LogP contribution in [-0.4, -0.2) is 131 Å². The lowest BCUT2D eigenvalue weighted by Gasteiger charge is -2.09. The Morgan fingerprint density at radius 2 is 0.911 bits per heavy atom. The van der Waals surface area contributed by atoms with Gasteiger partial charge in [0.1, 0.15) is 19.0 Å². The van der Waals surface area contributed by atoms with Crippen LogP contribution in [0.1, 0.15) is 39.5 Å². The Morgan fingerprint density at radius 3 is 1.29 bits per heavy atom. The number of unbranched alkanes of at least 4 members (excludes halogenated alkanes) is 2. The molecule has 0 saturated carbocycles. The number of nitrogens with one attached hydrogen (secondary N) is 1. The average molecular weight is 646 g/mol. The number of ether oxygens (including phenoxy) is 10. The second-order valence-corrected chi connectivity index (χ2v) is 9.63.